The van der Waals surface area contributed by atoms with E-state index >= 15 is 0 Å². The molecule has 0 saturated carbocycles. The van der Waals surface area contributed by atoms with Gasteiger partial charge in [-0.25, -0.2) is 9.13 Å². The number of ether oxygens (including phenoxy) is 1. The number of carbonyl (C=O) groups excluding carboxylic acids is 1. The fourth-order valence-electron chi connectivity index (χ4n) is 4.13. The number of likely N-dealkylation sites (N-methyl/N-ethyl adjacent to an activating group) is 1. The Balaban J connectivity index is 1.52. The van der Waals surface area contributed by atoms with Crippen LogP contribution in [-0.4, -0.2) is 60.1 Å². The standard InChI is InChI=1S/C24H27IN7O2P/c1-7-19-15(3)22(30(5)27-19)23(33)29(4)11-12-34-24-18(14-26-31(24)6)16-9-10-21-17(13-16)20(8-2)28-32(21)35-25/h2,9-10,13-14,35H,7,11-12H2,1,3-6H3. The first kappa shape index (κ1) is 25.2. The Labute approximate surface area is 219 Å². The highest BCUT2D eigenvalue weighted by Gasteiger charge is 2.22. The fourth-order valence-corrected chi connectivity index (χ4v) is 5.66. The Bertz CT molecular complexity index is 1450. The predicted molar refractivity (Wildman–Crippen MR) is 147 cm³/mol. The zero-order valence-corrected chi connectivity index (χ0v) is 23.5. The van der Waals surface area contributed by atoms with Gasteiger partial charge in [0.05, 0.1) is 35.9 Å². The van der Waals surface area contributed by atoms with E-state index in [0.717, 1.165) is 39.7 Å². The van der Waals surface area contributed by atoms with E-state index in [9.17, 15) is 4.79 Å². The first-order chi connectivity index (χ1) is 16.8. The molecule has 0 N–H and O–H groups in total. The van der Waals surface area contributed by atoms with Crippen molar-refractivity contribution in [3.05, 3.63) is 47.0 Å². The lowest BCUT2D eigenvalue weighted by molar-refractivity contribution is 0.0760. The van der Waals surface area contributed by atoms with Crippen LogP contribution in [0.25, 0.3) is 22.0 Å². The topological polar surface area (TPSA) is 83.0 Å². The van der Waals surface area contributed by atoms with Gasteiger partial charge in [-0.3, -0.25) is 9.48 Å². The van der Waals surface area contributed by atoms with Gasteiger partial charge < -0.3 is 9.64 Å². The van der Waals surface area contributed by atoms with Gasteiger partial charge in [0.2, 0.25) is 5.88 Å². The van der Waals surface area contributed by atoms with E-state index in [1.807, 2.05) is 43.5 Å². The zero-order valence-electron chi connectivity index (χ0n) is 20.3. The van der Waals surface area contributed by atoms with E-state index in [4.69, 9.17) is 11.2 Å². The number of halogens is 1. The second kappa shape index (κ2) is 10.4. The third-order valence-electron chi connectivity index (χ3n) is 6.02. The van der Waals surface area contributed by atoms with Crippen molar-refractivity contribution < 1.29 is 9.53 Å². The molecule has 1 amide bonds. The molecule has 0 radical (unpaired) electrons. The van der Waals surface area contributed by atoms with Gasteiger partial charge in [-0.1, -0.05) is 13.0 Å². The van der Waals surface area contributed by atoms with Gasteiger partial charge in [0.1, 0.15) is 18.0 Å². The molecule has 0 saturated heterocycles. The molecule has 182 valence electrons. The van der Waals surface area contributed by atoms with Crippen LogP contribution in [0.5, 0.6) is 5.88 Å². The molecular formula is C24H27IN7O2P. The maximum atomic E-state index is 13.0. The molecule has 1 aromatic carbocycles. The lowest BCUT2D eigenvalue weighted by Gasteiger charge is -2.18. The second-order valence-electron chi connectivity index (χ2n) is 8.18. The van der Waals surface area contributed by atoms with Gasteiger partial charge in [0, 0.05) is 32.1 Å². The van der Waals surface area contributed by atoms with Gasteiger partial charge in [-0.2, -0.15) is 15.3 Å². The van der Waals surface area contributed by atoms with Crippen molar-refractivity contribution in [2.45, 2.75) is 20.3 Å². The van der Waals surface area contributed by atoms with Crippen LogP contribution in [0.1, 0.15) is 34.4 Å². The number of fused-ring (bicyclic) bond motifs is 1. The molecule has 0 spiro atoms. The second-order valence-corrected chi connectivity index (χ2v) is 10.2. The number of amides is 1. The molecule has 4 rings (SSSR count). The molecule has 4 aromatic rings. The van der Waals surface area contributed by atoms with Gasteiger partial charge >= 0.3 is 0 Å². The van der Waals surface area contributed by atoms with Crippen molar-refractivity contribution in [2.75, 3.05) is 20.2 Å². The summed E-state index contributed by atoms with van der Waals surface area (Å²) in [6.45, 7) is 4.71. The highest BCUT2D eigenvalue weighted by Crippen LogP contribution is 2.35. The average Bonchev–Trinajstić information content (AvgIpc) is 3.50. The molecule has 0 aliphatic rings. The Morgan fingerprint density at radius 2 is 2.06 bits per heavy atom. The van der Waals surface area contributed by atoms with Crippen LogP contribution in [0, 0.1) is 19.3 Å². The summed E-state index contributed by atoms with van der Waals surface area (Å²) in [5.41, 5.74) is 5.88. The van der Waals surface area contributed by atoms with E-state index in [2.05, 4.69) is 43.3 Å². The summed E-state index contributed by atoms with van der Waals surface area (Å²) < 4.78 is 11.4. The summed E-state index contributed by atoms with van der Waals surface area (Å²) in [7, 11) is 5.41. The molecule has 1 unspecified atom stereocenters. The third-order valence-corrected chi connectivity index (χ3v) is 7.90. The summed E-state index contributed by atoms with van der Waals surface area (Å²) in [4.78, 5) is 14.7. The monoisotopic (exact) mass is 603 g/mol. The summed E-state index contributed by atoms with van der Waals surface area (Å²) in [6, 6.07) is 6.07. The van der Waals surface area contributed by atoms with Gasteiger partial charge in [0.25, 0.3) is 5.91 Å². The molecule has 9 nitrogen and oxygen atoms in total. The minimum absolute atomic E-state index is 0.0775. The van der Waals surface area contributed by atoms with E-state index in [1.165, 1.54) is 0 Å². The molecular weight excluding hydrogens is 576 g/mol. The van der Waals surface area contributed by atoms with Gasteiger partial charge in [0.15, 0.2) is 0 Å². The highest BCUT2D eigenvalue weighted by atomic mass is 127. The molecule has 0 fully saturated rings. The quantitative estimate of drug-likeness (QED) is 0.173. The summed E-state index contributed by atoms with van der Waals surface area (Å²) in [5.74, 6) is 3.23. The van der Waals surface area contributed by atoms with Crippen molar-refractivity contribution in [1.82, 2.24) is 34.0 Å². The maximum absolute atomic E-state index is 13.0. The van der Waals surface area contributed by atoms with Crippen LogP contribution < -0.4 is 4.74 Å². The lowest BCUT2D eigenvalue weighted by atomic mass is 10.1. The molecule has 3 heterocycles. The van der Waals surface area contributed by atoms with Crippen LogP contribution in [-0.2, 0) is 20.5 Å². The molecule has 1 atom stereocenters. The van der Waals surface area contributed by atoms with Crippen LogP contribution in [0.15, 0.2) is 24.4 Å². The smallest absolute Gasteiger partial charge is 0.272 e. The van der Waals surface area contributed by atoms with Gasteiger partial charge in [-0.05, 0) is 59.0 Å². The minimum Gasteiger partial charge on any atom is -0.476 e. The Hall–Kier alpha value is -2.90. The molecule has 0 aliphatic heterocycles. The number of rotatable bonds is 8. The van der Waals surface area contributed by atoms with E-state index in [0.29, 0.717) is 36.8 Å². The van der Waals surface area contributed by atoms with Crippen molar-refractivity contribution in [2.24, 2.45) is 14.1 Å². The Kier molecular flexibility index (Phi) is 7.47. The van der Waals surface area contributed by atoms with E-state index < -0.39 is 0 Å². The zero-order chi connectivity index (χ0) is 25.3. The van der Waals surface area contributed by atoms with E-state index in [-0.39, 0.29) is 5.91 Å². The number of hydrogen-bond acceptors (Lipinski definition) is 5. The van der Waals surface area contributed by atoms with Crippen LogP contribution in [0.3, 0.4) is 0 Å². The number of nitrogens with zero attached hydrogens (tertiary/aromatic N) is 7. The lowest BCUT2D eigenvalue weighted by Crippen LogP contribution is -2.32. The number of aryl methyl sites for hydroxylation is 3. The first-order valence-corrected chi connectivity index (χ1v) is 15.2. The first-order valence-electron chi connectivity index (χ1n) is 11.1. The normalized spacial score (nSPS) is 11.5. The molecule has 11 heteroatoms. The fraction of sp³-hybridized carbons (Fsp3) is 0.333. The summed E-state index contributed by atoms with van der Waals surface area (Å²) in [6.07, 6.45) is 8.71. The SMILES string of the molecule is C#Cc1nn(PI)c2ccc(-c3cnn(C)c3OCCN(C)C(=O)c3c(C)c(CC)nn3C)cc12. The van der Waals surface area contributed by atoms with Crippen LogP contribution in [0.4, 0.5) is 0 Å². The van der Waals surface area contributed by atoms with Gasteiger partial charge in [-0.15, -0.1) is 6.42 Å². The number of hydrogen-bond donors (Lipinski definition) is 0. The maximum Gasteiger partial charge on any atom is 0.272 e. The molecule has 0 bridgehead atoms. The van der Waals surface area contributed by atoms with Crippen molar-refractivity contribution in [1.29, 1.82) is 0 Å². The van der Waals surface area contributed by atoms with E-state index in [1.54, 1.807) is 34.6 Å². The van der Waals surface area contributed by atoms with Crippen molar-refractivity contribution >= 4 is 45.2 Å². The number of aromatic nitrogens is 6. The molecule has 35 heavy (non-hydrogen) atoms. The molecule has 0 aliphatic carbocycles. The van der Waals surface area contributed by atoms with Crippen molar-refractivity contribution in [3.8, 4) is 29.4 Å². The number of carbonyl (C=O) groups is 1. The van der Waals surface area contributed by atoms with Crippen LogP contribution >= 0.6 is 28.4 Å². The summed E-state index contributed by atoms with van der Waals surface area (Å²) >= 11 is 2.29. The minimum atomic E-state index is -0.0775. The number of benzene rings is 1. The Morgan fingerprint density at radius 3 is 2.71 bits per heavy atom. The van der Waals surface area contributed by atoms with Crippen LogP contribution in [0.2, 0.25) is 0 Å². The molecule has 3 aromatic heterocycles. The predicted octanol–water partition coefficient (Wildman–Crippen LogP) is 3.97. The number of terminal acetylenes is 1. The van der Waals surface area contributed by atoms with Crippen molar-refractivity contribution in [3.63, 3.8) is 0 Å². The Morgan fingerprint density at radius 1 is 1.29 bits per heavy atom. The third kappa shape index (κ3) is 4.67. The average molecular weight is 603 g/mol. The highest BCUT2D eigenvalue weighted by molar-refractivity contribution is 14.2. The summed E-state index contributed by atoms with van der Waals surface area (Å²) in [5, 5.41) is 14.3. The largest absolute Gasteiger partial charge is 0.476 e.